The zero-order valence-corrected chi connectivity index (χ0v) is 12.4. The van der Waals surface area contributed by atoms with Gasteiger partial charge in [0.1, 0.15) is 5.82 Å². The lowest BCUT2D eigenvalue weighted by Crippen LogP contribution is -2.23. The van der Waals surface area contributed by atoms with Crippen LogP contribution in [0.25, 0.3) is 0 Å². The Hall–Kier alpha value is -2.49. The highest BCUT2D eigenvalue weighted by Crippen LogP contribution is 2.08. The van der Waals surface area contributed by atoms with E-state index in [1.54, 1.807) is 24.3 Å². The molecule has 22 heavy (non-hydrogen) atoms. The maximum Gasteiger partial charge on any atom is 0.220 e. The zero-order valence-electron chi connectivity index (χ0n) is 12.4. The molecule has 2 aromatic rings. The molecule has 1 amide bonds. The van der Waals surface area contributed by atoms with Gasteiger partial charge in [-0.15, -0.1) is 0 Å². The smallest absolute Gasteiger partial charge is 0.220 e. The van der Waals surface area contributed by atoms with Crippen molar-refractivity contribution < 1.29 is 14.0 Å². The van der Waals surface area contributed by atoms with Crippen LogP contribution in [-0.4, -0.2) is 11.7 Å². The van der Waals surface area contributed by atoms with E-state index in [2.05, 4.69) is 5.32 Å². The van der Waals surface area contributed by atoms with E-state index in [0.29, 0.717) is 11.1 Å². The summed E-state index contributed by atoms with van der Waals surface area (Å²) in [4.78, 5) is 23.7. The summed E-state index contributed by atoms with van der Waals surface area (Å²) in [6.45, 7) is 2.21. The van der Waals surface area contributed by atoms with Crippen LogP contribution in [0.3, 0.4) is 0 Å². The average Bonchev–Trinajstić information content (AvgIpc) is 2.51. The van der Waals surface area contributed by atoms with E-state index >= 15 is 0 Å². The molecule has 0 aliphatic rings. The molecule has 0 fully saturated rings. The second-order valence-electron chi connectivity index (χ2n) is 5.20. The molecule has 0 aliphatic carbocycles. The maximum absolute atomic E-state index is 13.0. The van der Waals surface area contributed by atoms with Crippen LogP contribution >= 0.6 is 0 Å². The number of rotatable bonds is 6. The zero-order chi connectivity index (χ0) is 15.9. The van der Waals surface area contributed by atoms with Gasteiger partial charge in [-0.2, -0.15) is 0 Å². The Kier molecular flexibility index (Phi) is 5.42. The van der Waals surface area contributed by atoms with Gasteiger partial charge in [-0.1, -0.05) is 42.0 Å². The van der Waals surface area contributed by atoms with E-state index in [1.807, 2.05) is 19.1 Å². The number of aryl methyl sites for hydroxylation is 1. The maximum atomic E-state index is 13.0. The lowest BCUT2D eigenvalue weighted by atomic mass is 10.0. The number of carbonyl (C=O) groups excluding carboxylic acids is 2. The van der Waals surface area contributed by atoms with Gasteiger partial charge < -0.3 is 5.32 Å². The molecule has 0 saturated carbocycles. The molecule has 2 aromatic carbocycles. The SMILES string of the molecule is Cc1ccc(C(=O)CCC(=O)NCc2cccc(F)c2)cc1. The molecule has 0 bridgehead atoms. The van der Waals surface area contributed by atoms with E-state index in [4.69, 9.17) is 0 Å². The Balaban J connectivity index is 1.78. The molecule has 0 aromatic heterocycles. The number of carbonyl (C=O) groups is 2. The molecule has 0 heterocycles. The molecule has 114 valence electrons. The van der Waals surface area contributed by atoms with E-state index in [0.717, 1.165) is 5.56 Å². The van der Waals surface area contributed by atoms with E-state index < -0.39 is 0 Å². The highest BCUT2D eigenvalue weighted by molar-refractivity contribution is 5.97. The van der Waals surface area contributed by atoms with Crippen LogP contribution in [0.15, 0.2) is 48.5 Å². The van der Waals surface area contributed by atoms with Gasteiger partial charge in [-0.05, 0) is 24.6 Å². The molecule has 0 aliphatic heterocycles. The summed E-state index contributed by atoms with van der Waals surface area (Å²) >= 11 is 0. The molecule has 0 saturated heterocycles. The predicted octanol–water partition coefficient (Wildman–Crippen LogP) is 3.41. The number of benzene rings is 2. The van der Waals surface area contributed by atoms with Crippen molar-refractivity contribution in [3.63, 3.8) is 0 Å². The van der Waals surface area contributed by atoms with Crippen LogP contribution in [-0.2, 0) is 11.3 Å². The monoisotopic (exact) mass is 299 g/mol. The predicted molar refractivity (Wildman–Crippen MR) is 83.0 cm³/mol. The third kappa shape index (κ3) is 4.81. The van der Waals surface area contributed by atoms with Crippen LogP contribution in [0.1, 0.15) is 34.3 Å². The van der Waals surface area contributed by atoms with Gasteiger partial charge in [0, 0.05) is 24.9 Å². The highest BCUT2D eigenvalue weighted by atomic mass is 19.1. The fourth-order valence-electron chi connectivity index (χ4n) is 2.05. The highest BCUT2D eigenvalue weighted by Gasteiger charge is 2.09. The summed E-state index contributed by atoms with van der Waals surface area (Å²) in [5.41, 5.74) is 2.39. The van der Waals surface area contributed by atoms with Crippen molar-refractivity contribution in [2.75, 3.05) is 0 Å². The van der Waals surface area contributed by atoms with Gasteiger partial charge in [-0.3, -0.25) is 9.59 Å². The first kappa shape index (κ1) is 15.9. The Morgan fingerprint density at radius 3 is 2.45 bits per heavy atom. The van der Waals surface area contributed by atoms with Crippen molar-refractivity contribution >= 4 is 11.7 Å². The molecular formula is C18H18FNO2. The summed E-state index contributed by atoms with van der Waals surface area (Å²) in [5, 5.41) is 2.68. The van der Waals surface area contributed by atoms with Crippen LogP contribution in [0.5, 0.6) is 0 Å². The summed E-state index contributed by atoms with van der Waals surface area (Å²) in [5.74, 6) is -0.605. The lowest BCUT2D eigenvalue weighted by molar-refractivity contribution is -0.121. The third-order valence-corrected chi connectivity index (χ3v) is 3.33. The first-order chi connectivity index (χ1) is 10.5. The van der Waals surface area contributed by atoms with Crippen LogP contribution in [0.2, 0.25) is 0 Å². The third-order valence-electron chi connectivity index (χ3n) is 3.33. The molecule has 2 rings (SSSR count). The normalized spacial score (nSPS) is 10.3. The number of hydrogen-bond donors (Lipinski definition) is 1. The molecule has 4 heteroatoms. The number of halogens is 1. The molecular weight excluding hydrogens is 281 g/mol. The van der Waals surface area contributed by atoms with Gasteiger partial charge in [0.2, 0.25) is 5.91 Å². The van der Waals surface area contributed by atoms with Crippen LogP contribution in [0.4, 0.5) is 4.39 Å². The minimum Gasteiger partial charge on any atom is -0.352 e. The number of nitrogens with one attached hydrogen (secondary N) is 1. The fraction of sp³-hybridized carbons (Fsp3) is 0.222. The minimum absolute atomic E-state index is 0.0547. The van der Waals surface area contributed by atoms with E-state index in [1.165, 1.54) is 12.1 Å². The summed E-state index contributed by atoms with van der Waals surface area (Å²) in [6.07, 6.45) is 0.292. The first-order valence-corrected chi connectivity index (χ1v) is 7.15. The van der Waals surface area contributed by atoms with Crippen molar-refractivity contribution in [3.05, 3.63) is 71.0 Å². The van der Waals surface area contributed by atoms with Gasteiger partial charge in [0.05, 0.1) is 0 Å². The topological polar surface area (TPSA) is 46.2 Å². The van der Waals surface area contributed by atoms with Crippen molar-refractivity contribution in [3.8, 4) is 0 Å². The molecule has 0 radical (unpaired) electrons. The number of ketones is 1. The summed E-state index contributed by atoms with van der Waals surface area (Å²) in [6, 6.07) is 13.3. The number of amides is 1. The van der Waals surface area contributed by atoms with Gasteiger partial charge in [0.25, 0.3) is 0 Å². The van der Waals surface area contributed by atoms with Gasteiger partial charge >= 0.3 is 0 Å². The van der Waals surface area contributed by atoms with Crippen LogP contribution in [0, 0.1) is 12.7 Å². The molecule has 0 unspecified atom stereocenters. The lowest BCUT2D eigenvalue weighted by Gasteiger charge is -2.05. The summed E-state index contributed by atoms with van der Waals surface area (Å²) in [7, 11) is 0. The first-order valence-electron chi connectivity index (χ1n) is 7.15. The standard InChI is InChI=1S/C18H18FNO2/c1-13-5-7-15(8-6-13)17(21)9-10-18(22)20-12-14-3-2-4-16(19)11-14/h2-8,11H,9-10,12H2,1H3,(H,20,22). The minimum atomic E-state index is -0.332. The summed E-state index contributed by atoms with van der Waals surface area (Å²) < 4.78 is 13.0. The van der Waals surface area contributed by atoms with Gasteiger partial charge in [0.15, 0.2) is 5.78 Å². The molecule has 0 spiro atoms. The van der Waals surface area contributed by atoms with E-state index in [-0.39, 0.29) is 36.9 Å². The second-order valence-corrected chi connectivity index (χ2v) is 5.20. The average molecular weight is 299 g/mol. The van der Waals surface area contributed by atoms with Gasteiger partial charge in [-0.25, -0.2) is 4.39 Å². The molecule has 0 atom stereocenters. The van der Waals surface area contributed by atoms with Crippen LogP contribution < -0.4 is 5.32 Å². The number of hydrogen-bond acceptors (Lipinski definition) is 2. The van der Waals surface area contributed by atoms with Crippen molar-refractivity contribution in [2.24, 2.45) is 0 Å². The van der Waals surface area contributed by atoms with Crippen molar-refractivity contribution in [2.45, 2.75) is 26.3 Å². The molecule has 1 N–H and O–H groups in total. The largest absolute Gasteiger partial charge is 0.352 e. The Labute approximate surface area is 129 Å². The van der Waals surface area contributed by atoms with Crippen molar-refractivity contribution in [1.29, 1.82) is 0 Å². The quantitative estimate of drug-likeness (QED) is 0.831. The number of Topliss-reactive ketones (excluding diaryl/α,β-unsaturated/α-hetero) is 1. The fourth-order valence-corrected chi connectivity index (χ4v) is 2.05. The Morgan fingerprint density at radius 1 is 1.05 bits per heavy atom. The second kappa shape index (κ2) is 7.50. The molecule has 3 nitrogen and oxygen atoms in total. The van der Waals surface area contributed by atoms with Crippen molar-refractivity contribution in [1.82, 2.24) is 5.32 Å². The Morgan fingerprint density at radius 2 is 1.77 bits per heavy atom. The Bertz CT molecular complexity index is 665. The van der Waals surface area contributed by atoms with E-state index in [9.17, 15) is 14.0 Å².